The molecule has 0 spiro atoms. The monoisotopic (exact) mass is 334 g/mol. The number of rotatable bonds is 6. The van der Waals surface area contributed by atoms with E-state index in [4.69, 9.17) is 10.00 Å². The highest BCUT2D eigenvalue weighted by atomic mass is 16.5. The number of benzene rings is 1. The van der Waals surface area contributed by atoms with Gasteiger partial charge in [0.1, 0.15) is 6.07 Å². The van der Waals surface area contributed by atoms with Crippen molar-refractivity contribution in [3.63, 3.8) is 0 Å². The van der Waals surface area contributed by atoms with Crippen LogP contribution in [0.15, 0.2) is 55.1 Å². The fourth-order valence-corrected chi connectivity index (χ4v) is 2.52. The van der Waals surface area contributed by atoms with Crippen molar-refractivity contribution in [3.05, 3.63) is 77.4 Å². The van der Waals surface area contributed by atoms with Crippen LogP contribution in [0, 0.1) is 11.3 Å². The molecule has 0 radical (unpaired) electrons. The molecule has 0 saturated carbocycles. The highest BCUT2D eigenvalue weighted by molar-refractivity contribution is 5.88. The highest BCUT2D eigenvalue weighted by Gasteiger charge is 2.09. The van der Waals surface area contributed by atoms with Crippen molar-refractivity contribution in [2.75, 3.05) is 6.61 Å². The Hall–Kier alpha value is -3.33. The van der Waals surface area contributed by atoms with Gasteiger partial charge >= 0.3 is 5.97 Å². The molecule has 0 N–H and O–H groups in total. The van der Waals surface area contributed by atoms with Crippen LogP contribution in [0.5, 0.6) is 0 Å². The number of nitrogens with zero attached hydrogens (tertiary/aromatic N) is 4. The van der Waals surface area contributed by atoms with Crippen molar-refractivity contribution in [2.45, 2.75) is 20.0 Å². The van der Waals surface area contributed by atoms with E-state index >= 15 is 0 Å². The standard InChI is InChI=1S/C19H18N4O2/c1-2-25-19(24)18-10-21-23(14-18)13-16-5-3-15(4-6-16)11-22-8-7-17(9-20)12-22/h3-8,10,12,14H,2,11,13H2,1H3. The Kier molecular flexibility index (Phi) is 4.95. The zero-order valence-corrected chi connectivity index (χ0v) is 13.9. The maximum Gasteiger partial charge on any atom is 0.341 e. The molecule has 6 nitrogen and oxygen atoms in total. The second-order valence-electron chi connectivity index (χ2n) is 5.65. The van der Waals surface area contributed by atoms with Gasteiger partial charge in [0.15, 0.2) is 0 Å². The molecule has 0 saturated heterocycles. The molecule has 0 fully saturated rings. The van der Waals surface area contributed by atoms with Crippen LogP contribution in [-0.4, -0.2) is 26.9 Å². The molecule has 0 bridgehead atoms. The molecule has 3 aromatic rings. The summed E-state index contributed by atoms with van der Waals surface area (Å²) in [5.41, 5.74) is 3.36. The number of hydrogen-bond donors (Lipinski definition) is 0. The number of carbonyl (C=O) groups excluding carboxylic acids is 1. The van der Waals surface area contributed by atoms with Gasteiger partial charge in [0, 0.05) is 25.1 Å². The lowest BCUT2D eigenvalue weighted by Crippen LogP contribution is -2.04. The number of carbonyl (C=O) groups is 1. The van der Waals surface area contributed by atoms with Gasteiger partial charge in [-0.3, -0.25) is 4.68 Å². The van der Waals surface area contributed by atoms with Crippen LogP contribution in [0.3, 0.4) is 0 Å². The van der Waals surface area contributed by atoms with Crippen LogP contribution in [0.4, 0.5) is 0 Å². The van der Waals surface area contributed by atoms with Gasteiger partial charge in [-0.25, -0.2) is 4.79 Å². The average Bonchev–Trinajstić information content (AvgIpc) is 3.26. The third kappa shape index (κ3) is 4.15. The minimum Gasteiger partial charge on any atom is -0.462 e. The Morgan fingerprint density at radius 3 is 2.52 bits per heavy atom. The van der Waals surface area contributed by atoms with Gasteiger partial charge in [-0.1, -0.05) is 24.3 Å². The van der Waals surface area contributed by atoms with E-state index in [0.29, 0.717) is 24.3 Å². The lowest BCUT2D eigenvalue weighted by Gasteiger charge is -2.06. The molecule has 0 atom stereocenters. The summed E-state index contributed by atoms with van der Waals surface area (Å²) in [6.45, 7) is 3.43. The molecule has 0 aliphatic heterocycles. The molecule has 25 heavy (non-hydrogen) atoms. The van der Waals surface area contributed by atoms with E-state index in [9.17, 15) is 4.79 Å². The number of ether oxygens (including phenoxy) is 1. The van der Waals surface area contributed by atoms with Crippen molar-refractivity contribution >= 4 is 5.97 Å². The van der Waals surface area contributed by atoms with Crippen LogP contribution in [0.2, 0.25) is 0 Å². The van der Waals surface area contributed by atoms with Gasteiger partial charge in [0.05, 0.1) is 30.5 Å². The number of aromatic nitrogens is 3. The van der Waals surface area contributed by atoms with E-state index in [1.54, 1.807) is 23.9 Å². The maximum atomic E-state index is 11.7. The summed E-state index contributed by atoms with van der Waals surface area (Å²) in [4.78, 5) is 11.7. The van der Waals surface area contributed by atoms with Crippen molar-refractivity contribution in [3.8, 4) is 6.07 Å². The van der Waals surface area contributed by atoms with E-state index in [0.717, 1.165) is 17.7 Å². The molecule has 0 aliphatic carbocycles. The summed E-state index contributed by atoms with van der Waals surface area (Å²) in [6, 6.07) is 12.1. The van der Waals surface area contributed by atoms with Crippen LogP contribution in [0.25, 0.3) is 0 Å². The first-order valence-corrected chi connectivity index (χ1v) is 8.01. The third-order valence-corrected chi connectivity index (χ3v) is 3.76. The molecule has 3 rings (SSSR count). The summed E-state index contributed by atoms with van der Waals surface area (Å²) in [5.74, 6) is -0.354. The van der Waals surface area contributed by atoms with Crippen molar-refractivity contribution in [2.24, 2.45) is 0 Å². The van der Waals surface area contributed by atoms with Gasteiger partial charge in [0.25, 0.3) is 0 Å². The molecule has 126 valence electrons. The van der Waals surface area contributed by atoms with Gasteiger partial charge in [0.2, 0.25) is 0 Å². The molecule has 2 aromatic heterocycles. The zero-order valence-electron chi connectivity index (χ0n) is 13.9. The lowest BCUT2D eigenvalue weighted by atomic mass is 10.1. The molecular formula is C19H18N4O2. The quantitative estimate of drug-likeness (QED) is 0.650. The molecule has 1 aromatic carbocycles. The second kappa shape index (κ2) is 7.49. The van der Waals surface area contributed by atoms with Crippen molar-refractivity contribution in [1.82, 2.24) is 14.3 Å². The normalized spacial score (nSPS) is 10.4. The maximum absolute atomic E-state index is 11.7. The largest absolute Gasteiger partial charge is 0.462 e. The topological polar surface area (TPSA) is 72.8 Å². The summed E-state index contributed by atoms with van der Waals surface area (Å²) in [7, 11) is 0. The van der Waals surface area contributed by atoms with Crippen molar-refractivity contribution in [1.29, 1.82) is 5.26 Å². The van der Waals surface area contributed by atoms with Crippen LogP contribution in [0.1, 0.15) is 34.0 Å². The molecule has 6 heteroatoms. The van der Waals surface area contributed by atoms with Gasteiger partial charge in [-0.15, -0.1) is 0 Å². The Morgan fingerprint density at radius 1 is 1.16 bits per heavy atom. The summed E-state index contributed by atoms with van der Waals surface area (Å²) >= 11 is 0. The molecule has 0 unspecified atom stereocenters. The first-order valence-electron chi connectivity index (χ1n) is 8.01. The molecule has 2 heterocycles. The molecule has 0 aliphatic rings. The van der Waals surface area contributed by atoms with Crippen LogP contribution < -0.4 is 0 Å². The Labute approximate surface area is 145 Å². The minimum absolute atomic E-state index is 0.350. The van der Waals surface area contributed by atoms with E-state index < -0.39 is 0 Å². The zero-order chi connectivity index (χ0) is 17.6. The average molecular weight is 334 g/mol. The van der Waals surface area contributed by atoms with Gasteiger partial charge < -0.3 is 9.30 Å². The Balaban J connectivity index is 1.62. The Morgan fingerprint density at radius 2 is 1.88 bits per heavy atom. The second-order valence-corrected chi connectivity index (χ2v) is 5.65. The molecule has 0 amide bonds. The highest BCUT2D eigenvalue weighted by Crippen LogP contribution is 2.10. The third-order valence-electron chi connectivity index (χ3n) is 3.76. The number of nitriles is 1. The van der Waals surface area contributed by atoms with E-state index in [-0.39, 0.29) is 5.97 Å². The lowest BCUT2D eigenvalue weighted by molar-refractivity contribution is 0.0526. The first kappa shape index (κ1) is 16.5. The summed E-state index contributed by atoms with van der Waals surface area (Å²) in [6.07, 6.45) is 6.93. The van der Waals surface area contributed by atoms with E-state index in [1.807, 2.05) is 29.1 Å². The van der Waals surface area contributed by atoms with Gasteiger partial charge in [-0.2, -0.15) is 10.4 Å². The summed E-state index contributed by atoms with van der Waals surface area (Å²) < 4.78 is 8.65. The minimum atomic E-state index is -0.354. The fraction of sp³-hybridized carbons (Fsp3) is 0.211. The smallest absolute Gasteiger partial charge is 0.341 e. The Bertz CT molecular complexity index is 900. The summed E-state index contributed by atoms with van der Waals surface area (Å²) in [5, 5.41) is 13.1. The van der Waals surface area contributed by atoms with Gasteiger partial charge in [-0.05, 0) is 24.1 Å². The molecular weight excluding hydrogens is 316 g/mol. The number of esters is 1. The SMILES string of the molecule is CCOC(=O)c1cnn(Cc2ccc(Cn3ccc(C#N)c3)cc2)c1. The van der Waals surface area contributed by atoms with Crippen LogP contribution >= 0.6 is 0 Å². The predicted octanol–water partition coefficient (Wildman–Crippen LogP) is 2.83. The van der Waals surface area contributed by atoms with Crippen LogP contribution in [-0.2, 0) is 17.8 Å². The predicted molar refractivity (Wildman–Crippen MR) is 92.0 cm³/mol. The number of hydrogen-bond acceptors (Lipinski definition) is 4. The first-order chi connectivity index (χ1) is 12.2. The fourth-order valence-electron chi connectivity index (χ4n) is 2.52. The van der Waals surface area contributed by atoms with E-state index in [1.165, 1.54) is 6.20 Å². The van der Waals surface area contributed by atoms with E-state index in [2.05, 4.69) is 23.3 Å². The van der Waals surface area contributed by atoms with Crippen molar-refractivity contribution < 1.29 is 9.53 Å².